The molecule has 1 heterocycles. The molecule has 1 N–H and O–H groups in total. The molecule has 0 spiro atoms. The van der Waals surface area contributed by atoms with E-state index >= 15 is 0 Å². The Bertz CT molecular complexity index is 599. The van der Waals surface area contributed by atoms with Crippen LogP contribution in [0.2, 0.25) is 10.0 Å². The van der Waals surface area contributed by atoms with E-state index in [9.17, 15) is 0 Å². The molecule has 0 saturated carbocycles. The maximum Gasteiger partial charge on any atom is 0.0677 e. The highest BCUT2D eigenvalue weighted by molar-refractivity contribution is 6.35. The third-order valence-electron chi connectivity index (χ3n) is 3.34. The van der Waals surface area contributed by atoms with E-state index in [0.29, 0.717) is 23.2 Å². The predicted molar refractivity (Wildman–Crippen MR) is 86.1 cm³/mol. The van der Waals surface area contributed by atoms with Crippen molar-refractivity contribution in [3.63, 3.8) is 0 Å². The third kappa shape index (κ3) is 4.45. The Hall–Kier alpha value is -1.07. The van der Waals surface area contributed by atoms with E-state index in [4.69, 9.17) is 27.9 Å². The van der Waals surface area contributed by atoms with Crippen LogP contribution in [0.5, 0.6) is 0 Å². The monoisotopic (exact) mass is 327 g/mol. The minimum atomic E-state index is 0.639. The van der Waals surface area contributed by atoms with E-state index in [2.05, 4.69) is 17.3 Å². The van der Waals surface area contributed by atoms with E-state index in [1.165, 1.54) is 5.56 Å². The summed E-state index contributed by atoms with van der Waals surface area (Å²) < 4.78 is 6.96. The topological polar surface area (TPSA) is 39.1 Å². The van der Waals surface area contributed by atoms with Gasteiger partial charge in [-0.05, 0) is 24.6 Å². The van der Waals surface area contributed by atoms with Gasteiger partial charge in [-0.25, -0.2) is 0 Å². The Morgan fingerprint density at radius 2 is 2.10 bits per heavy atom. The lowest BCUT2D eigenvalue weighted by molar-refractivity contribution is 0.199. The number of halogens is 2. The Morgan fingerprint density at radius 3 is 2.81 bits per heavy atom. The first-order valence-electron chi connectivity index (χ1n) is 6.76. The summed E-state index contributed by atoms with van der Waals surface area (Å²) in [7, 11) is 1.70. The van der Waals surface area contributed by atoms with Gasteiger partial charge in [0, 0.05) is 41.5 Å². The second-order valence-corrected chi connectivity index (χ2v) is 5.66. The number of hydrogen-bond acceptors (Lipinski definition) is 3. The highest BCUT2D eigenvalue weighted by Gasteiger charge is 2.08. The molecular weight excluding hydrogens is 309 g/mol. The zero-order chi connectivity index (χ0) is 15.2. The number of aromatic nitrogens is 2. The zero-order valence-electron chi connectivity index (χ0n) is 12.2. The summed E-state index contributed by atoms with van der Waals surface area (Å²) in [5.41, 5.74) is 3.31. The van der Waals surface area contributed by atoms with Crippen molar-refractivity contribution in [3.8, 4) is 0 Å². The van der Waals surface area contributed by atoms with Crippen LogP contribution >= 0.6 is 23.2 Å². The van der Waals surface area contributed by atoms with Crippen LogP contribution in [0.4, 0.5) is 0 Å². The lowest BCUT2D eigenvalue weighted by atomic mass is 10.2. The molecule has 0 saturated heterocycles. The highest BCUT2D eigenvalue weighted by atomic mass is 35.5. The van der Waals surface area contributed by atoms with Gasteiger partial charge in [0.25, 0.3) is 0 Å². The molecule has 0 atom stereocenters. The summed E-state index contributed by atoms with van der Waals surface area (Å²) in [4.78, 5) is 0. The number of methoxy groups -OCH3 is 1. The van der Waals surface area contributed by atoms with E-state index in [0.717, 1.165) is 24.3 Å². The fourth-order valence-corrected chi connectivity index (χ4v) is 2.49. The van der Waals surface area contributed by atoms with Gasteiger partial charge in [0.15, 0.2) is 0 Å². The molecule has 0 fully saturated rings. The van der Waals surface area contributed by atoms with Gasteiger partial charge in [-0.15, -0.1) is 0 Å². The van der Waals surface area contributed by atoms with Gasteiger partial charge in [0.2, 0.25) is 0 Å². The molecule has 0 amide bonds. The summed E-state index contributed by atoms with van der Waals surface area (Å²) in [6.07, 6.45) is 1.89. The van der Waals surface area contributed by atoms with Crippen molar-refractivity contribution in [1.29, 1.82) is 0 Å². The van der Waals surface area contributed by atoms with Gasteiger partial charge >= 0.3 is 0 Å². The van der Waals surface area contributed by atoms with Crippen LogP contribution in [0, 0.1) is 6.92 Å². The maximum atomic E-state index is 6.21. The Labute approximate surface area is 135 Å². The Kier molecular flexibility index (Phi) is 6.06. The SMILES string of the molecule is COCCNCc1cnn(Cc2ccc(Cl)cc2Cl)c1C. The number of rotatable bonds is 7. The largest absolute Gasteiger partial charge is 0.383 e. The zero-order valence-corrected chi connectivity index (χ0v) is 13.7. The quantitative estimate of drug-likeness (QED) is 0.793. The Morgan fingerprint density at radius 1 is 1.29 bits per heavy atom. The predicted octanol–water partition coefficient (Wildman–Crippen LogP) is 3.28. The number of benzene rings is 1. The van der Waals surface area contributed by atoms with Crippen LogP contribution in [0.25, 0.3) is 0 Å². The molecule has 21 heavy (non-hydrogen) atoms. The molecule has 2 rings (SSSR count). The van der Waals surface area contributed by atoms with E-state index < -0.39 is 0 Å². The van der Waals surface area contributed by atoms with Crippen LogP contribution < -0.4 is 5.32 Å². The van der Waals surface area contributed by atoms with Crippen LogP contribution in [0.15, 0.2) is 24.4 Å². The first kappa shape index (κ1) is 16.3. The van der Waals surface area contributed by atoms with Gasteiger partial charge in [0.05, 0.1) is 19.3 Å². The molecule has 0 aliphatic heterocycles. The number of nitrogens with zero attached hydrogens (tertiary/aromatic N) is 2. The first-order chi connectivity index (χ1) is 10.1. The van der Waals surface area contributed by atoms with E-state index in [1.807, 2.05) is 23.0 Å². The minimum Gasteiger partial charge on any atom is -0.383 e. The fraction of sp³-hybridized carbons (Fsp3) is 0.400. The standard InChI is InChI=1S/C15H19Cl2N3O/c1-11-13(8-18-5-6-21-2)9-19-20(11)10-12-3-4-14(16)7-15(12)17/h3-4,7,9,18H,5-6,8,10H2,1-2H3. The molecule has 1 aromatic heterocycles. The van der Waals surface area contributed by atoms with Crippen LogP contribution in [0.1, 0.15) is 16.8 Å². The average molecular weight is 328 g/mol. The normalized spacial score (nSPS) is 11.0. The maximum absolute atomic E-state index is 6.21. The number of nitrogens with one attached hydrogen (secondary N) is 1. The van der Waals surface area contributed by atoms with Crippen molar-refractivity contribution in [3.05, 3.63) is 51.3 Å². The average Bonchev–Trinajstić information content (AvgIpc) is 2.79. The molecule has 0 aliphatic carbocycles. The summed E-state index contributed by atoms with van der Waals surface area (Å²) in [5.74, 6) is 0. The summed E-state index contributed by atoms with van der Waals surface area (Å²) in [6, 6.07) is 5.53. The lowest BCUT2D eigenvalue weighted by Crippen LogP contribution is -2.19. The van der Waals surface area contributed by atoms with Gasteiger partial charge in [0.1, 0.15) is 0 Å². The van der Waals surface area contributed by atoms with Crippen molar-refractivity contribution in [2.75, 3.05) is 20.3 Å². The molecule has 4 nitrogen and oxygen atoms in total. The molecule has 2 aromatic rings. The summed E-state index contributed by atoms with van der Waals surface area (Å²) in [6.45, 7) is 5.01. The van der Waals surface area contributed by atoms with Crippen molar-refractivity contribution in [1.82, 2.24) is 15.1 Å². The molecule has 6 heteroatoms. The number of ether oxygens (including phenoxy) is 1. The minimum absolute atomic E-state index is 0.639. The van der Waals surface area contributed by atoms with Gasteiger partial charge in [-0.3, -0.25) is 4.68 Å². The van der Waals surface area contributed by atoms with Crippen LogP contribution in [0.3, 0.4) is 0 Å². The van der Waals surface area contributed by atoms with Crippen LogP contribution in [-0.2, 0) is 17.8 Å². The molecular formula is C15H19Cl2N3O. The van der Waals surface area contributed by atoms with Gasteiger partial charge in [-0.2, -0.15) is 5.10 Å². The van der Waals surface area contributed by atoms with E-state index in [-0.39, 0.29) is 0 Å². The molecule has 0 bridgehead atoms. The smallest absolute Gasteiger partial charge is 0.0677 e. The lowest BCUT2D eigenvalue weighted by Gasteiger charge is -2.08. The van der Waals surface area contributed by atoms with Crippen molar-refractivity contribution >= 4 is 23.2 Å². The second-order valence-electron chi connectivity index (χ2n) is 4.82. The first-order valence-corrected chi connectivity index (χ1v) is 7.52. The summed E-state index contributed by atoms with van der Waals surface area (Å²) >= 11 is 12.1. The molecule has 0 aliphatic rings. The molecule has 1 aromatic carbocycles. The van der Waals surface area contributed by atoms with Crippen molar-refractivity contribution in [2.45, 2.75) is 20.0 Å². The molecule has 114 valence electrons. The molecule has 0 radical (unpaired) electrons. The van der Waals surface area contributed by atoms with Crippen molar-refractivity contribution < 1.29 is 4.74 Å². The van der Waals surface area contributed by atoms with Crippen molar-refractivity contribution in [2.24, 2.45) is 0 Å². The fourth-order valence-electron chi connectivity index (χ4n) is 2.03. The Balaban J connectivity index is 2.02. The molecule has 0 unspecified atom stereocenters. The third-order valence-corrected chi connectivity index (χ3v) is 3.93. The van der Waals surface area contributed by atoms with Gasteiger partial charge in [-0.1, -0.05) is 29.3 Å². The second kappa shape index (κ2) is 7.80. The summed E-state index contributed by atoms with van der Waals surface area (Å²) in [5, 5.41) is 9.05. The number of hydrogen-bond donors (Lipinski definition) is 1. The van der Waals surface area contributed by atoms with Gasteiger partial charge < -0.3 is 10.1 Å². The highest BCUT2D eigenvalue weighted by Crippen LogP contribution is 2.22. The van der Waals surface area contributed by atoms with Crippen LogP contribution in [-0.4, -0.2) is 30.0 Å². The van der Waals surface area contributed by atoms with E-state index in [1.54, 1.807) is 13.2 Å².